The van der Waals surface area contributed by atoms with E-state index >= 15 is 0 Å². The summed E-state index contributed by atoms with van der Waals surface area (Å²) in [4.78, 5) is 0. The average Bonchev–Trinajstić information content (AvgIpc) is 3.00. The number of rotatable bonds is 7. The summed E-state index contributed by atoms with van der Waals surface area (Å²) in [7, 11) is 0. The van der Waals surface area contributed by atoms with Crippen LogP contribution >= 0.6 is 11.8 Å². The lowest BCUT2D eigenvalue weighted by molar-refractivity contribution is 0.109. The Bertz CT molecular complexity index is 363. The Balaban J connectivity index is 1.85. The SMILES string of the molecule is CCCn1c(CN)nnc1SCCC1CCCO1. The number of ether oxygens (including phenoxy) is 1. The van der Waals surface area contributed by atoms with Gasteiger partial charge in [-0.15, -0.1) is 10.2 Å². The zero-order valence-corrected chi connectivity index (χ0v) is 11.8. The van der Waals surface area contributed by atoms with Gasteiger partial charge in [-0.1, -0.05) is 18.7 Å². The van der Waals surface area contributed by atoms with Gasteiger partial charge in [0, 0.05) is 18.9 Å². The highest BCUT2D eigenvalue weighted by molar-refractivity contribution is 7.99. The molecule has 2 heterocycles. The fourth-order valence-electron chi connectivity index (χ4n) is 2.18. The average molecular weight is 270 g/mol. The van der Waals surface area contributed by atoms with Crippen LogP contribution in [0.4, 0.5) is 0 Å². The van der Waals surface area contributed by atoms with E-state index < -0.39 is 0 Å². The van der Waals surface area contributed by atoms with Crippen molar-refractivity contribution >= 4 is 11.8 Å². The minimum absolute atomic E-state index is 0.453. The van der Waals surface area contributed by atoms with Crippen molar-refractivity contribution < 1.29 is 4.74 Å². The number of thioether (sulfide) groups is 1. The number of hydrogen-bond donors (Lipinski definition) is 1. The predicted octanol–water partition coefficient (Wildman–Crippen LogP) is 1.81. The van der Waals surface area contributed by atoms with Crippen LogP contribution in [0, 0.1) is 0 Å². The van der Waals surface area contributed by atoms with Crippen LogP contribution in [0.15, 0.2) is 5.16 Å². The third kappa shape index (κ3) is 3.46. The Kier molecular flexibility index (Phi) is 5.46. The maximum atomic E-state index is 5.67. The Morgan fingerprint density at radius 2 is 2.39 bits per heavy atom. The van der Waals surface area contributed by atoms with Crippen LogP contribution in [0.2, 0.25) is 0 Å². The quantitative estimate of drug-likeness (QED) is 0.765. The van der Waals surface area contributed by atoms with E-state index in [9.17, 15) is 0 Å². The molecule has 0 saturated carbocycles. The van der Waals surface area contributed by atoms with Crippen molar-refractivity contribution in [2.45, 2.75) is 57.0 Å². The Morgan fingerprint density at radius 3 is 3.06 bits per heavy atom. The van der Waals surface area contributed by atoms with Crippen LogP contribution in [0.1, 0.15) is 38.4 Å². The third-order valence-corrected chi connectivity index (χ3v) is 4.12. The van der Waals surface area contributed by atoms with Gasteiger partial charge in [0.2, 0.25) is 0 Å². The van der Waals surface area contributed by atoms with Gasteiger partial charge in [0.1, 0.15) is 5.82 Å². The molecule has 1 aliphatic rings. The lowest BCUT2D eigenvalue weighted by atomic mass is 10.2. The minimum Gasteiger partial charge on any atom is -0.378 e. The first-order chi connectivity index (χ1) is 8.85. The highest BCUT2D eigenvalue weighted by Crippen LogP contribution is 2.22. The summed E-state index contributed by atoms with van der Waals surface area (Å²) in [5.74, 6) is 1.92. The summed E-state index contributed by atoms with van der Waals surface area (Å²) >= 11 is 1.76. The zero-order chi connectivity index (χ0) is 12.8. The Morgan fingerprint density at radius 1 is 1.50 bits per heavy atom. The van der Waals surface area contributed by atoms with E-state index in [0.717, 1.165) is 42.7 Å². The predicted molar refractivity (Wildman–Crippen MR) is 72.5 cm³/mol. The Labute approximate surface area is 112 Å². The first kappa shape index (κ1) is 13.8. The fraction of sp³-hybridized carbons (Fsp3) is 0.833. The van der Waals surface area contributed by atoms with Crippen molar-refractivity contribution in [1.29, 1.82) is 0 Å². The molecule has 0 radical (unpaired) electrons. The van der Waals surface area contributed by atoms with Crippen molar-refractivity contribution in [3.8, 4) is 0 Å². The van der Waals surface area contributed by atoms with Gasteiger partial charge >= 0.3 is 0 Å². The smallest absolute Gasteiger partial charge is 0.191 e. The summed E-state index contributed by atoms with van der Waals surface area (Å²) in [5.41, 5.74) is 5.67. The summed E-state index contributed by atoms with van der Waals surface area (Å²) in [6, 6.07) is 0. The van der Waals surface area contributed by atoms with Crippen LogP contribution in [0.3, 0.4) is 0 Å². The van der Waals surface area contributed by atoms with Gasteiger partial charge in [-0.3, -0.25) is 0 Å². The molecule has 0 bridgehead atoms. The first-order valence-corrected chi connectivity index (χ1v) is 7.70. The standard InChI is InChI=1S/C12H22N4OS/c1-2-6-16-11(9-13)14-15-12(16)18-8-5-10-4-3-7-17-10/h10H,2-9,13H2,1H3. The molecule has 1 aromatic heterocycles. The second-order valence-electron chi connectivity index (χ2n) is 4.53. The van der Waals surface area contributed by atoms with Crippen molar-refractivity contribution in [1.82, 2.24) is 14.8 Å². The lowest BCUT2D eigenvalue weighted by Crippen LogP contribution is -2.10. The summed E-state index contributed by atoms with van der Waals surface area (Å²) < 4.78 is 7.76. The van der Waals surface area contributed by atoms with Crippen molar-refractivity contribution in [2.24, 2.45) is 5.73 Å². The molecule has 18 heavy (non-hydrogen) atoms. The van der Waals surface area contributed by atoms with Crippen LogP contribution in [-0.4, -0.2) is 33.2 Å². The van der Waals surface area contributed by atoms with E-state index in [1.165, 1.54) is 12.8 Å². The molecule has 0 spiro atoms. The number of aromatic nitrogens is 3. The maximum absolute atomic E-state index is 5.67. The molecule has 1 aliphatic heterocycles. The van der Waals surface area contributed by atoms with Gasteiger partial charge in [-0.2, -0.15) is 0 Å². The molecular weight excluding hydrogens is 248 g/mol. The lowest BCUT2D eigenvalue weighted by Gasteiger charge is -2.10. The van der Waals surface area contributed by atoms with E-state index in [4.69, 9.17) is 10.5 Å². The summed E-state index contributed by atoms with van der Waals surface area (Å²) in [5, 5.41) is 9.36. The number of nitrogens with zero attached hydrogens (tertiary/aromatic N) is 3. The minimum atomic E-state index is 0.453. The molecule has 0 aromatic carbocycles. The van der Waals surface area contributed by atoms with Crippen molar-refractivity contribution in [3.05, 3.63) is 5.82 Å². The van der Waals surface area contributed by atoms with Gasteiger partial charge in [-0.25, -0.2) is 0 Å². The van der Waals surface area contributed by atoms with Gasteiger partial charge in [0.05, 0.1) is 12.6 Å². The topological polar surface area (TPSA) is 66.0 Å². The molecule has 0 aliphatic carbocycles. The Hall–Kier alpha value is -0.590. The van der Waals surface area contributed by atoms with E-state index in [1.807, 2.05) is 0 Å². The van der Waals surface area contributed by atoms with Gasteiger partial charge in [0.25, 0.3) is 0 Å². The molecule has 1 aromatic rings. The van der Waals surface area contributed by atoms with Gasteiger partial charge in [-0.05, 0) is 25.7 Å². The molecule has 0 amide bonds. The van der Waals surface area contributed by atoms with Gasteiger partial charge in [0.15, 0.2) is 5.16 Å². The van der Waals surface area contributed by atoms with Crippen molar-refractivity contribution in [3.63, 3.8) is 0 Å². The third-order valence-electron chi connectivity index (χ3n) is 3.12. The highest BCUT2D eigenvalue weighted by atomic mass is 32.2. The normalized spacial score (nSPS) is 19.6. The van der Waals surface area contributed by atoms with E-state index in [1.54, 1.807) is 11.8 Å². The van der Waals surface area contributed by atoms with Crippen molar-refractivity contribution in [2.75, 3.05) is 12.4 Å². The molecule has 2 rings (SSSR count). The highest BCUT2D eigenvalue weighted by Gasteiger charge is 2.16. The summed E-state index contributed by atoms with van der Waals surface area (Å²) in [6.07, 6.45) is 5.04. The van der Waals surface area contributed by atoms with Crippen LogP contribution in [0.25, 0.3) is 0 Å². The molecule has 6 heteroatoms. The number of hydrogen-bond acceptors (Lipinski definition) is 5. The van der Waals surface area contributed by atoms with Crippen LogP contribution in [-0.2, 0) is 17.8 Å². The first-order valence-electron chi connectivity index (χ1n) is 6.71. The fourth-order valence-corrected chi connectivity index (χ4v) is 3.19. The largest absolute Gasteiger partial charge is 0.378 e. The van der Waals surface area contributed by atoms with Crippen LogP contribution in [0.5, 0.6) is 0 Å². The maximum Gasteiger partial charge on any atom is 0.191 e. The summed E-state index contributed by atoms with van der Waals surface area (Å²) in [6.45, 7) is 4.49. The zero-order valence-electron chi connectivity index (χ0n) is 11.0. The van der Waals surface area contributed by atoms with E-state index in [-0.39, 0.29) is 0 Å². The van der Waals surface area contributed by atoms with E-state index in [2.05, 4.69) is 21.7 Å². The second kappa shape index (κ2) is 7.11. The second-order valence-corrected chi connectivity index (χ2v) is 5.59. The van der Waals surface area contributed by atoms with E-state index in [0.29, 0.717) is 12.6 Å². The van der Waals surface area contributed by atoms with Gasteiger partial charge < -0.3 is 15.0 Å². The molecule has 2 N–H and O–H groups in total. The molecule has 1 fully saturated rings. The van der Waals surface area contributed by atoms with Crippen LogP contribution < -0.4 is 5.73 Å². The molecule has 1 atom stereocenters. The molecule has 5 nitrogen and oxygen atoms in total. The monoisotopic (exact) mass is 270 g/mol. The molecular formula is C12H22N4OS. The molecule has 102 valence electrons. The molecule has 1 unspecified atom stereocenters. The number of nitrogens with two attached hydrogens (primary N) is 1. The molecule has 1 saturated heterocycles.